The molecule has 0 radical (unpaired) electrons. The zero-order valence-corrected chi connectivity index (χ0v) is 16.4. The molecule has 150 valence electrons. The fourth-order valence-corrected chi connectivity index (χ4v) is 4.57. The summed E-state index contributed by atoms with van der Waals surface area (Å²) in [5.74, 6) is 0.457. The number of carbonyl (C=O) groups is 1. The van der Waals surface area contributed by atoms with Gasteiger partial charge in [-0.15, -0.1) is 0 Å². The van der Waals surface area contributed by atoms with Gasteiger partial charge in [-0.25, -0.2) is 4.68 Å². The minimum Gasteiger partial charge on any atom is -0.343 e. The number of fused-ring (bicyclic) bond motifs is 2. The highest BCUT2D eigenvalue weighted by Gasteiger charge is 2.43. The molecule has 30 heavy (non-hydrogen) atoms. The van der Waals surface area contributed by atoms with Crippen LogP contribution in [0, 0.1) is 23.0 Å². The van der Waals surface area contributed by atoms with E-state index < -0.39 is 4.92 Å². The van der Waals surface area contributed by atoms with Crippen molar-refractivity contribution in [1.29, 1.82) is 0 Å². The number of non-ortho nitro benzene ring substituents is 1. The van der Waals surface area contributed by atoms with Crippen molar-refractivity contribution in [3.8, 4) is 5.69 Å². The molecule has 1 aromatic heterocycles. The van der Waals surface area contributed by atoms with E-state index in [1.165, 1.54) is 12.1 Å². The lowest BCUT2D eigenvalue weighted by molar-refractivity contribution is -0.384. The van der Waals surface area contributed by atoms with Gasteiger partial charge in [-0.05, 0) is 31.0 Å². The number of nitrogens with zero attached hydrogens (tertiary/aromatic N) is 3. The first-order chi connectivity index (χ1) is 14.5. The van der Waals surface area contributed by atoms with Crippen LogP contribution >= 0.6 is 0 Å². The highest BCUT2D eigenvalue weighted by Crippen LogP contribution is 2.48. The predicted molar refractivity (Wildman–Crippen MR) is 113 cm³/mol. The van der Waals surface area contributed by atoms with Crippen LogP contribution in [0.15, 0.2) is 66.4 Å². The van der Waals surface area contributed by atoms with Crippen LogP contribution in [0.1, 0.15) is 35.6 Å². The highest BCUT2D eigenvalue weighted by molar-refractivity contribution is 5.89. The number of benzene rings is 2. The molecule has 2 atom stereocenters. The Bertz CT molecular complexity index is 1180. The van der Waals surface area contributed by atoms with Crippen LogP contribution < -0.4 is 5.32 Å². The lowest BCUT2D eigenvalue weighted by Gasteiger charge is -2.36. The second-order valence-corrected chi connectivity index (χ2v) is 7.69. The summed E-state index contributed by atoms with van der Waals surface area (Å²) in [6.45, 7) is 1.94. The van der Waals surface area contributed by atoms with Gasteiger partial charge in [0.15, 0.2) is 0 Å². The number of allylic oxidation sites excluding steroid dienone is 2. The summed E-state index contributed by atoms with van der Waals surface area (Å²) < 4.78 is 1.87. The molecule has 0 fully saturated rings. The first-order valence-corrected chi connectivity index (χ1v) is 9.93. The molecule has 0 bridgehead atoms. The molecule has 1 N–H and O–H groups in total. The average Bonchev–Trinajstić information content (AvgIpc) is 3.09. The standard InChI is InChI=1S/C23H20N4O3/c1-14-20-21(15-10-12-17(13-11-15)27(29)30)22-18(8-5-9-19(22)28)24-23(20)26(25-14)16-6-3-2-4-7-16/h2-4,6-8,10-13,21-22,24H,5,9H2,1H3/t21-,22+/m0/s1. The maximum atomic E-state index is 13.0. The molecule has 0 spiro atoms. The lowest BCUT2D eigenvalue weighted by Crippen LogP contribution is -2.35. The first-order valence-electron chi connectivity index (χ1n) is 9.93. The second-order valence-electron chi connectivity index (χ2n) is 7.69. The monoisotopic (exact) mass is 400 g/mol. The predicted octanol–water partition coefficient (Wildman–Crippen LogP) is 4.51. The van der Waals surface area contributed by atoms with Crippen LogP contribution in [-0.4, -0.2) is 20.5 Å². The van der Waals surface area contributed by atoms with Crippen LogP contribution in [0.25, 0.3) is 5.69 Å². The minimum atomic E-state index is -0.409. The minimum absolute atomic E-state index is 0.0374. The summed E-state index contributed by atoms with van der Waals surface area (Å²) >= 11 is 0. The van der Waals surface area contributed by atoms with Gasteiger partial charge in [0.25, 0.3) is 5.69 Å². The van der Waals surface area contributed by atoms with Crippen molar-refractivity contribution in [3.05, 3.63) is 93.3 Å². The van der Waals surface area contributed by atoms with Crippen LogP contribution in [0.5, 0.6) is 0 Å². The molecule has 0 amide bonds. The number of aryl methyl sites for hydroxylation is 1. The van der Waals surface area contributed by atoms with E-state index in [2.05, 4.69) is 11.4 Å². The Balaban J connectivity index is 1.72. The Morgan fingerprint density at radius 2 is 1.83 bits per heavy atom. The van der Waals surface area contributed by atoms with Crippen molar-refractivity contribution in [2.45, 2.75) is 25.7 Å². The maximum Gasteiger partial charge on any atom is 0.269 e. The lowest BCUT2D eigenvalue weighted by atomic mass is 9.72. The van der Waals surface area contributed by atoms with Crippen LogP contribution in [0.4, 0.5) is 11.5 Å². The van der Waals surface area contributed by atoms with Gasteiger partial charge < -0.3 is 5.32 Å². The number of aromatic nitrogens is 2. The number of nitrogens with one attached hydrogen (secondary N) is 1. The van der Waals surface area contributed by atoms with Crippen molar-refractivity contribution in [2.24, 2.45) is 5.92 Å². The molecule has 5 rings (SSSR count). The van der Waals surface area contributed by atoms with E-state index in [-0.39, 0.29) is 23.3 Å². The quantitative estimate of drug-likeness (QED) is 0.516. The van der Waals surface area contributed by atoms with Gasteiger partial charge in [0.05, 0.1) is 22.2 Å². The Morgan fingerprint density at radius 3 is 2.53 bits per heavy atom. The Hall–Kier alpha value is -3.74. The van der Waals surface area contributed by atoms with Crippen molar-refractivity contribution < 1.29 is 9.72 Å². The molecule has 2 aromatic carbocycles. The third-order valence-corrected chi connectivity index (χ3v) is 5.91. The Kier molecular flexibility index (Phi) is 4.24. The first kappa shape index (κ1) is 18.3. The van der Waals surface area contributed by atoms with Gasteiger partial charge in [0.2, 0.25) is 0 Å². The third kappa shape index (κ3) is 2.82. The number of ketones is 1. The van der Waals surface area contributed by atoms with Gasteiger partial charge >= 0.3 is 0 Å². The average molecular weight is 400 g/mol. The maximum absolute atomic E-state index is 13.0. The fourth-order valence-electron chi connectivity index (χ4n) is 4.57. The number of Topliss-reactive ketones (excluding diaryl/α,β-unsaturated/α-hetero) is 1. The smallest absolute Gasteiger partial charge is 0.269 e. The second kappa shape index (κ2) is 6.95. The van der Waals surface area contributed by atoms with Gasteiger partial charge in [-0.2, -0.15) is 5.10 Å². The largest absolute Gasteiger partial charge is 0.343 e. The molecule has 0 saturated heterocycles. The molecule has 2 aliphatic rings. The summed E-state index contributed by atoms with van der Waals surface area (Å²) in [7, 11) is 0. The summed E-state index contributed by atoms with van der Waals surface area (Å²) in [5.41, 5.74) is 4.53. The number of rotatable bonds is 3. The van der Waals surface area contributed by atoms with Crippen LogP contribution in [-0.2, 0) is 4.79 Å². The van der Waals surface area contributed by atoms with E-state index in [4.69, 9.17) is 5.10 Å². The number of para-hydroxylation sites is 1. The number of hydrogen-bond acceptors (Lipinski definition) is 5. The van der Waals surface area contributed by atoms with E-state index >= 15 is 0 Å². The van der Waals surface area contributed by atoms with E-state index in [9.17, 15) is 14.9 Å². The van der Waals surface area contributed by atoms with E-state index in [1.807, 2.05) is 41.9 Å². The number of hydrogen-bond donors (Lipinski definition) is 1. The zero-order valence-electron chi connectivity index (χ0n) is 16.4. The summed E-state index contributed by atoms with van der Waals surface area (Å²) in [6, 6.07) is 16.4. The fraction of sp³-hybridized carbons (Fsp3) is 0.217. The van der Waals surface area contributed by atoms with Crippen molar-refractivity contribution in [2.75, 3.05) is 5.32 Å². The van der Waals surface area contributed by atoms with Gasteiger partial charge in [-0.1, -0.05) is 36.4 Å². The topological polar surface area (TPSA) is 90.1 Å². The summed E-state index contributed by atoms with van der Waals surface area (Å²) in [6.07, 6.45) is 3.30. The van der Waals surface area contributed by atoms with Crippen molar-refractivity contribution in [1.82, 2.24) is 9.78 Å². The number of carbonyl (C=O) groups excluding carboxylic acids is 1. The van der Waals surface area contributed by atoms with Gasteiger partial charge in [0.1, 0.15) is 11.6 Å². The molecule has 7 nitrogen and oxygen atoms in total. The zero-order chi connectivity index (χ0) is 20.8. The Morgan fingerprint density at radius 1 is 1.10 bits per heavy atom. The molecular formula is C23H20N4O3. The molecule has 0 saturated carbocycles. The molecule has 7 heteroatoms. The number of anilines is 1. The Labute approximate surface area is 173 Å². The molecular weight excluding hydrogens is 380 g/mol. The summed E-state index contributed by atoms with van der Waals surface area (Å²) in [5, 5.41) is 19.4. The molecule has 0 unspecified atom stereocenters. The van der Waals surface area contributed by atoms with Crippen molar-refractivity contribution >= 4 is 17.3 Å². The van der Waals surface area contributed by atoms with E-state index in [1.54, 1.807) is 12.1 Å². The number of nitro groups is 1. The van der Waals surface area contributed by atoms with E-state index in [0.29, 0.717) is 12.8 Å². The third-order valence-electron chi connectivity index (χ3n) is 5.91. The normalized spacial score (nSPS) is 20.0. The van der Waals surface area contributed by atoms with E-state index in [0.717, 1.165) is 34.0 Å². The van der Waals surface area contributed by atoms with Crippen LogP contribution in [0.3, 0.4) is 0 Å². The van der Waals surface area contributed by atoms with Crippen LogP contribution in [0.2, 0.25) is 0 Å². The molecule has 1 aliphatic heterocycles. The van der Waals surface area contributed by atoms with Gasteiger partial charge in [-0.3, -0.25) is 14.9 Å². The summed E-state index contributed by atoms with van der Waals surface area (Å²) in [4.78, 5) is 23.7. The molecule has 3 aromatic rings. The molecule has 1 aliphatic carbocycles. The number of nitro benzene ring substituents is 1. The van der Waals surface area contributed by atoms with Crippen molar-refractivity contribution in [3.63, 3.8) is 0 Å². The highest BCUT2D eigenvalue weighted by atomic mass is 16.6. The van der Waals surface area contributed by atoms with Gasteiger partial charge in [0, 0.05) is 35.7 Å². The SMILES string of the molecule is Cc1nn(-c2ccccc2)c2c1[C@H](c1ccc([N+](=O)[O-])cc1)[C@H]1C(=O)CCC=C1N2. The molecule has 2 heterocycles.